The molecule has 1 aromatic carbocycles. The zero-order valence-electron chi connectivity index (χ0n) is 10.4. The first-order chi connectivity index (χ1) is 8.78. The van der Waals surface area contributed by atoms with Gasteiger partial charge < -0.3 is 9.64 Å². The van der Waals surface area contributed by atoms with Gasteiger partial charge in [0.15, 0.2) is 0 Å². The van der Waals surface area contributed by atoms with Gasteiger partial charge in [-0.1, -0.05) is 0 Å². The molecule has 0 radical (unpaired) electrons. The van der Waals surface area contributed by atoms with Crippen molar-refractivity contribution in [3.63, 3.8) is 0 Å². The van der Waals surface area contributed by atoms with Crippen LogP contribution in [0.15, 0.2) is 22.7 Å². The van der Waals surface area contributed by atoms with Crippen molar-refractivity contribution < 1.29 is 22.7 Å². The number of carbonyl (C=O) groups excluding carboxylic acids is 1. The van der Waals surface area contributed by atoms with Gasteiger partial charge in [0, 0.05) is 18.7 Å². The number of alkyl halides is 3. The molecule has 0 unspecified atom stereocenters. The van der Waals surface area contributed by atoms with Crippen LogP contribution in [0.1, 0.15) is 24.2 Å². The van der Waals surface area contributed by atoms with Crippen LogP contribution in [-0.2, 0) is 0 Å². The summed E-state index contributed by atoms with van der Waals surface area (Å²) in [7, 11) is 0. The molecule has 0 N–H and O–H groups in total. The molecule has 0 aliphatic rings. The van der Waals surface area contributed by atoms with E-state index in [9.17, 15) is 18.0 Å². The van der Waals surface area contributed by atoms with Crippen molar-refractivity contribution in [2.45, 2.75) is 20.2 Å². The minimum atomic E-state index is -4.79. The molecule has 0 heterocycles. The summed E-state index contributed by atoms with van der Waals surface area (Å²) < 4.78 is 40.6. The van der Waals surface area contributed by atoms with Crippen molar-refractivity contribution in [3.05, 3.63) is 28.2 Å². The third kappa shape index (κ3) is 4.41. The van der Waals surface area contributed by atoms with Crippen LogP contribution in [0.4, 0.5) is 13.2 Å². The van der Waals surface area contributed by atoms with Crippen LogP contribution in [0.25, 0.3) is 0 Å². The quantitative estimate of drug-likeness (QED) is 0.834. The summed E-state index contributed by atoms with van der Waals surface area (Å²) in [5.41, 5.74) is 0.158. The van der Waals surface area contributed by atoms with E-state index in [0.717, 1.165) is 6.07 Å². The number of rotatable bonds is 4. The summed E-state index contributed by atoms with van der Waals surface area (Å²) >= 11 is 2.95. The second-order valence-corrected chi connectivity index (χ2v) is 4.52. The highest BCUT2D eigenvalue weighted by Crippen LogP contribution is 2.31. The van der Waals surface area contributed by atoms with Gasteiger partial charge >= 0.3 is 6.36 Å². The Labute approximate surface area is 117 Å². The van der Waals surface area contributed by atoms with Crippen LogP contribution in [0.5, 0.6) is 5.75 Å². The molecule has 106 valence electrons. The van der Waals surface area contributed by atoms with Crippen molar-refractivity contribution in [2.75, 3.05) is 13.1 Å². The molecule has 19 heavy (non-hydrogen) atoms. The Morgan fingerprint density at radius 3 is 2.37 bits per heavy atom. The van der Waals surface area contributed by atoms with E-state index in [4.69, 9.17) is 0 Å². The molecule has 0 atom stereocenters. The van der Waals surface area contributed by atoms with Crippen LogP contribution >= 0.6 is 15.9 Å². The van der Waals surface area contributed by atoms with E-state index in [-0.39, 0.29) is 15.9 Å². The summed E-state index contributed by atoms with van der Waals surface area (Å²) in [6, 6.07) is 3.89. The Morgan fingerprint density at radius 2 is 1.89 bits per heavy atom. The van der Waals surface area contributed by atoms with E-state index < -0.39 is 12.1 Å². The first-order valence-electron chi connectivity index (χ1n) is 5.63. The number of carbonyl (C=O) groups is 1. The molecule has 0 aromatic heterocycles. The highest BCUT2D eigenvalue weighted by atomic mass is 79.9. The number of halogens is 4. The topological polar surface area (TPSA) is 29.5 Å². The molecule has 0 bridgehead atoms. The normalized spacial score (nSPS) is 11.3. The first-order valence-corrected chi connectivity index (χ1v) is 6.42. The molecule has 0 saturated carbocycles. The van der Waals surface area contributed by atoms with Crippen molar-refractivity contribution in [2.24, 2.45) is 0 Å². The third-order valence-electron chi connectivity index (χ3n) is 2.45. The largest absolute Gasteiger partial charge is 0.573 e. The molecule has 1 amide bonds. The first kappa shape index (κ1) is 15.8. The summed E-state index contributed by atoms with van der Waals surface area (Å²) in [4.78, 5) is 13.5. The molecular weight excluding hydrogens is 327 g/mol. The summed E-state index contributed by atoms with van der Waals surface area (Å²) in [5.74, 6) is -0.755. The van der Waals surface area contributed by atoms with Crippen molar-refractivity contribution in [1.29, 1.82) is 0 Å². The number of benzene rings is 1. The maximum atomic E-state index is 12.2. The predicted molar refractivity (Wildman–Crippen MR) is 68.1 cm³/mol. The number of hydrogen-bond acceptors (Lipinski definition) is 2. The maximum absolute atomic E-state index is 12.2. The molecule has 0 spiro atoms. The van der Waals surface area contributed by atoms with Crippen LogP contribution < -0.4 is 4.74 Å². The molecule has 1 aromatic rings. The Hall–Kier alpha value is -1.24. The van der Waals surface area contributed by atoms with Crippen LogP contribution in [0.2, 0.25) is 0 Å². The second kappa shape index (κ2) is 6.27. The molecule has 0 aliphatic carbocycles. The van der Waals surface area contributed by atoms with Crippen molar-refractivity contribution >= 4 is 21.8 Å². The van der Waals surface area contributed by atoms with E-state index in [1.807, 2.05) is 0 Å². The smallest absolute Gasteiger partial charge is 0.405 e. The lowest BCUT2D eigenvalue weighted by Gasteiger charge is -2.19. The molecule has 3 nitrogen and oxygen atoms in total. The maximum Gasteiger partial charge on any atom is 0.573 e. The second-order valence-electron chi connectivity index (χ2n) is 3.67. The van der Waals surface area contributed by atoms with E-state index in [1.165, 1.54) is 17.0 Å². The van der Waals surface area contributed by atoms with Gasteiger partial charge in [-0.15, -0.1) is 13.2 Å². The molecule has 0 fully saturated rings. The number of ether oxygens (including phenoxy) is 1. The Kier molecular flexibility index (Phi) is 5.22. The molecule has 1 rings (SSSR count). The molecule has 0 aliphatic heterocycles. The van der Waals surface area contributed by atoms with Crippen LogP contribution in [0.3, 0.4) is 0 Å². The zero-order chi connectivity index (χ0) is 14.6. The van der Waals surface area contributed by atoms with Gasteiger partial charge in [0.05, 0.1) is 4.47 Å². The van der Waals surface area contributed by atoms with E-state index in [0.29, 0.717) is 13.1 Å². The van der Waals surface area contributed by atoms with Gasteiger partial charge in [-0.05, 0) is 48.0 Å². The van der Waals surface area contributed by atoms with Crippen molar-refractivity contribution in [3.8, 4) is 5.75 Å². The van der Waals surface area contributed by atoms with Crippen LogP contribution in [-0.4, -0.2) is 30.3 Å². The van der Waals surface area contributed by atoms with E-state index >= 15 is 0 Å². The fraction of sp³-hybridized carbons (Fsp3) is 0.417. The lowest BCUT2D eigenvalue weighted by molar-refractivity contribution is -0.274. The molecular formula is C12H13BrF3NO2. The predicted octanol–water partition coefficient (Wildman–Crippen LogP) is 3.83. The SMILES string of the molecule is CCN(CC)C(=O)c1ccc(Br)c(OC(F)(F)F)c1. The van der Waals surface area contributed by atoms with Crippen molar-refractivity contribution in [1.82, 2.24) is 4.90 Å². The lowest BCUT2D eigenvalue weighted by atomic mass is 10.2. The highest BCUT2D eigenvalue weighted by molar-refractivity contribution is 9.10. The minimum absolute atomic E-state index is 0.140. The fourth-order valence-corrected chi connectivity index (χ4v) is 1.86. The highest BCUT2D eigenvalue weighted by Gasteiger charge is 2.32. The number of hydrogen-bond donors (Lipinski definition) is 0. The number of amides is 1. The summed E-state index contributed by atoms with van der Waals surface area (Å²) in [6.07, 6.45) is -4.79. The third-order valence-corrected chi connectivity index (χ3v) is 3.11. The van der Waals surface area contributed by atoms with Gasteiger partial charge in [-0.25, -0.2) is 0 Å². The fourth-order valence-electron chi connectivity index (χ4n) is 1.53. The molecule has 7 heteroatoms. The van der Waals surface area contributed by atoms with Crippen LogP contribution in [0, 0.1) is 0 Å². The van der Waals surface area contributed by atoms with Gasteiger partial charge in [0.25, 0.3) is 5.91 Å². The summed E-state index contributed by atoms with van der Waals surface area (Å²) in [5, 5.41) is 0. The minimum Gasteiger partial charge on any atom is -0.405 e. The molecule has 0 saturated heterocycles. The summed E-state index contributed by atoms with van der Waals surface area (Å²) in [6.45, 7) is 4.57. The standard InChI is InChI=1S/C12H13BrF3NO2/c1-3-17(4-2)11(18)8-5-6-9(13)10(7-8)19-12(14,15)16/h5-7H,3-4H2,1-2H3. The van der Waals surface area contributed by atoms with Gasteiger partial charge in [0.2, 0.25) is 0 Å². The zero-order valence-corrected chi connectivity index (χ0v) is 12.0. The van der Waals surface area contributed by atoms with Gasteiger partial charge in [0.1, 0.15) is 5.75 Å². The lowest BCUT2D eigenvalue weighted by Crippen LogP contribution is -2.30. The van der Waals surface area contributed by atoms with Gasteiger partial charge in [-0.3, -0.25) is 4.79 Å². The Balaban J connectivity index is 3.05. The number of nitrogens with zero attached hydrogens (tertiary/aromatic N) is 1. The van der Waals surface area contributed by atoms with E-state index in [2.05, 4.69) is 20.7 Å². The Bertz CT molecular complexity index is 459. The Morgan fingerprint density at radius 1 is 1.32 bits per heavy atom. The average Bonchev–Trinajstić information content (AvgIpc) is 2.31. The average molecular weight is 340 g/mol. The monoisotopic (exact) mass is 339 g/mol. The van der Waals surface area contributed by atoms with Gasteiger partial charge in [-0.2, -0.15) is 0 Å². The van der Waals surface area contributed by atoms with E-state index in [1.54, 1.807) is 13.8 Å².